The molecule has 2 N–H and O–H groups in total. The summed E-state index contributed by atoms with van der Waals surface area (Å²) >= 11 is 0. The number of aromatic hydroxyl groups is 1. The van der Waals surface area contributed by atoms with Crippen molar-refractivity contribution < 1.29 is 19.4 Å². The van der Waals surface area contributed by atoms with Crippen LogP contribution >= 0.6 is 0 Å². The van der Waals surface area contributed by atoms with Crippen LogP contribution in [0.5, 0.6) is 17.2 Å². The first kappa shape index (κ1) is 17.3. The summed E-state index contributed by atoms with van der Waals surface area (Å²) in [6.45, 7) is 2.59. The molecule has 0 saturated carbocycles. The highest BCUT2D eigenvalue weighted by Gasteiger charge is 2.10. The standard InChI is InChI=1S/C18H20N2O4/c1-3-9-24-16-8-7-14(11-17(16)23-2)18(22)20-19-12-13-5-4-6-15(21)10-13/h4-8,10-12,21H,3,9H2,1-2H3,(H,20,22)/b19-12+. The first-order valence-corrected chi connectivity index (χ1v) is 7.57. The Morgan fingerprint density at radius 2 is 2.08 bits per heavy atom. The molecule has 0 aliphatic carbocycles. The fraction of sp³-hybridized carbons (Fsp3) is 0.222. The average Bonchev–Trinajstić information content (AvgIpc) is 2.59. The summed E-state index contributed by atoms with van der Waals surface area (Å²) < 4.78 is 10.8. The van der Waals surface area contributed by atoms with Crippen molar-refractivity contribution in [3.63, 3.8) is 0 Å². The van der Waals surface area contributed by atoms with E-state index >= 15 is 0 Å². The fourth-order valence-electron chi connectivity index (χ4n) is 1.98. The highest BCUT2D eigenvalue weighted by Crippen LogP contribution is 2.28. The quantitative estimate of drug-likeness (QED) is 0.605. The molecule has 2 aromatic carbocycles. The van der Waals surface area contributed by atoms with Crippen LogP contribution in [0.15, 0.2) is 47.6 Å². The topological polar surface area (TPSA) is 80.2 Å². The van der Waals surface area contributed by atoms with Crippen LogP contribution < -0.4 is 14.9 Å². The van der Waals surface area contributed by atoms with Gasteiger partial charge in [0.2, 0.25) is 0 Å². The second-order valence-corrected chi connectivity index (χ2v) is 5.01. The Morgan fingerprint density at radius 1 is 1.25 bits per heavy atom. The van der Waals surface area contributed by atoms with Gasteiger partial charge in [-0.3, -0.25) is 4.79 Å². The summed E-state index contributed by atoms with van der Waals surface area (Å²) in [5.41, 5.74) is 3.52. The van der Waals surface area contributed by atoms with Gasteiger partial charge >= 0.3 is 0 Å². The Morgan fingerprint density at radius 3 is 2.79 bits per heavy atom. The number of carbonyl (C=O) groups is 1. The van der Waals surface area contributed by atoms with Gasteiger partial charge in [0.1, 0.15) is 5.75 Å². The van der Waals surface area contributed by atoms with E-state index in [4.69, 9.17) is 9.47 Å². The van der Waals surface area contributed by atoms with Crippen LogP contribution in [0.4, 0.5) is 0 Å². The van der Waals surface area contributed by atoms with Crippen molar-refractivity contribution in [2.24, 2.45) is 5.10 Å². The number of hydrazone groups is 1. The monoisotopic (exact) mass is 328 g/mol. The molecule has 0 unspecified atom stereocenters. The molecule has 0 aromatic heterocycles. The summed E-state index contributed by atoms with van der Waals surface area (Å²) in [5.74, 6) is 0.858. The third-order valence-electron chi connectivity index (χ3n) is 3.14. The molecule has 0 saturated heterocycles. The van der Waals surface area contributed by atoms with Crippen LogP contribution in [0.1, 0.15) is 29.3 Å². The average molecular weight is 328 g/mol. The zero-order valence-corrected chi connectivity index (χ0v) is 13.7. The van der Waals surface area contributed by atoms with Gasteiger partial charge in [-0.2, -0.15) is 5.10 Å². The largest absolute Gasteiger partial charge is 0.508 e. The molecule has 126 valence electrons. The van der Waals surface area contributed by atoms with Gasteiger partial charge in [0, 0.05) is 5.56 Å². The Kier molecular flexibility index (Phi) is 6.19. The number of amides is 1. The number of carbonyl (C=O) groups excluding carboxylic acids is 1. The lowest BCUT2D eigenvalue weighted by molar-refractivity contribution is 0.0954. The van der Waals surface area contributed by atoms with Crippen LogP contribution in [0, 0.1) is 0 Å². The van der Waals surface area contributed by atoms with E-state index in [1.807, 2.05) is 6.92 Å². The van der Waals surface area contributed by atoms with Gasteiger partial charge in [-0.15, -0.1) is 0 Å². The van der Waals surface area contributed by atoms with Gasteiger partial charge in [-0.05, 0) is 42.3 Å². The summed E-state index contributed by atoms with van der Waals surface area (Å²) in [7, 11) is 1.52. The predicted octanol–water partition coefficient (Wildman–Crippen LogP) is 2.95. The molecule has 0 spiro atoms. The van der Waals surface area contributed by atoms with Crippen molar-refractivity contribution in [3.05, 3.63) is 53.6 Å². The Balaban J connectivity index is 2.04. The lowest BCUT2D eigenvalue weighted by atomic mass is 10.2. The molecule has 0 fully saturated rings. The van der Waals surface area contributed by atoms with Crippen LogP contribution in [-0.2, 0) is 0 Å². The smallest absolute Gasteiger partial charge is 0.271 e. The van der Waals surface area contributed by atoms with E-state index < -0.39 is 0 Å². The minimum Gasteiger partial charge on any atom is -0.508 e. The van der Waals surface area contributed by atoms with E-state index in [1.54, 1.807) is 42.5 Å². The molecule has 0 heterocycles. The van der Waals surface area contributed by atoms with Gasteiger partial charge in [-0.1, -0.05) is 19.1 Å². The number of hydrogen-bond donors (Lipinski definition) is 2. The maximum Gasteiger partial charge on any atom is 0.271 e. The zero-order valence-electron chi connectivity index (χ0n) is 13.7. The number of ether oxygens (including phenoxy) is 2. The summed E-state index contributed by atoms with van der Waals surface area (Å²) in [6.07, 6.45) is 2.34. The molecular formula is C18H20N2O4. The molecule has 1 amide bonds. The number of benzene rings is 2. The van der Waals surface area contributed by atoms with E-state index in [0.717, 1.165) is 6.42 Å². The molecule has 6 nitrogen and oxygen atoms in total. The van der Waals surface area contributed by atoms with Crippen LogP contribution in [0.25, 0.3) is 0 Å². The number of phenolic OH excluding ortho intramolecular Hbond substituents is 1. The zero-order chi connectivity index (χ0) is 17.4. The SMILES string of the molecule is CCCOc1ccc(C(=O)N/N=C/c2cccc(O)c2)cc1OC. The lowest BCUT2D eigenvalue weighted by Crippen LogP contribution is -2.17. The number of nitrogens with zero attached hydrogens (tertiary/aromatic N) is 1. The van der Waals surface area contributed by atoms with Crippen LogP contribution in [0.2, 0.25) is 0 Å². The van der Waals surface area contributed by atoms with Crippen molar-refractivity contribution in [1.29, 1.82) is 0 Å². The Bertz CT molecular complexity index is 729. The van der Waals surface area contributed by atoms with Gasteiger partial charge in [0.15, 0.2) is 11.5 Å². The van der Waals surface area contributed by atoms with Gasteiger partial charge in [-0.25, -0.2) is 5.43 Å². The highest BCUT2D eigenvalue weighted by atomic mass is 16.5. The Hall–Kier alpha value is -3.02. The first-order chi connectivity index (χ1) is 11.6. The van der Waals surface area contributed by atoms with E-state index in [9.17, 15) is 9.90 Å². The highest BCUT2D eigenvalue weighted by molar-refractivity contribution is 5.95. The van der Waals surface area contributed by atoms with E-state index in [2.05, 4.69) is 10.5 Å². The molecule has 0 radical (unpaired) electrons. The second kappa shape index (κ2) is 8.57. The lowest BCUT2D eigenvalue weighted by Gasteiger charge is -2.11. The maximum absolute atomic E-state index is 12.1. The molecule has 0 bridgehead atoms. The number of nitrogens with one attached hydrogen (secondary N) is 1. The molecule has 2 rings (SSSR count). The second-order valence-electron chi connectivity index (χ2n) is 5.01. The summed E-state index contributed by atoms with van der Waals surface area (Å²) in [6, 6.07) is 11.5. The molecule has 2 aromatic rings. The molecule has 0 aliphatic rings. The van der Waals surface area contributed by atoms with Gasteiger partial charge in [0.25, 0.3) is 5.91 Å². The van der Waals surface area contributed by atoms with Crippen molar-refractivity contribution >= 4 is 12.1 Å². The number of hydrogen-bond acceptors (Lipinski definition) is 5. The van der Waals surface area contributed by atoms with Crippen LogP contribution in [0.3, 0.4) is 0 Å². The summed E-state index contributed by atoms with van der Waals surface area (Å²) in [4.78, 5) is 12.1. The minimum atomic E-state index is -0.369. The van der Waals surface area contributed by atoms with E-state index in [0.29, 0.717) is 29.2 Å². The number of rotatable bonds is 7. The van der Waals surface area contributed by atoms with Crippen molar-refractivity contribution in [2.45, 2.75) is 13.3 Å². The molecule has 0 aliphatic heterocycles. The first-order valence-electron chi connectivity index (χ1n) is 7.57. The van der Waals surface area contributed by atoms with Gasteiger partial charge < -0.3 is 14.6 Å². The maximum atomic E-state index is 12.1. The minimum absolute atomic E-state index is 0.137. The number of methoxy groups -OCH3 is 1. The fourth-order valence-corrected chi connectivity index (χ4v) is 1.98. The third kappa shape index (κ3) is 4.74. The predicted molar refractivity (Wildman–Crippen MR) is 91.9 cm³/mol. The van der Waals surface area contributed by atoms with Crippen molar-refractivity contribution in [1.82, 2.24) is 5.43 Å². The summed E-state index contributed by atoms with van der Waals surface area (Å²) in [5, 5.41) is 13.2. The van der Waals surface area contributed by atoms with Crippen molar-refractivity contribution in [3.8, 4) is 17.2 Å². The molecule has 0 atom stereocenters. The van der Waals surface area contributed by atoms with E-state index in [-0.39, 0.29) is 11.7 Å². The molecule has 6 heteroatoms. The third-order valence-corrected chi connectivity index (χ3v) is 3.14. The van der Waals surface area contributed by atoms with Crippen LogP contribution in [-0.4, -0.2) is 30.9 Å². The molecular weight excluding hydrogens is 308 g/mol. The Labute approximate surface area is 140 Å². The number of phenols is 1. The van der Waals surface area contributed by atoms with Crippen molar-refractivity contribution in [2.75, 3.05) is 13.7 Å². The molecule has 24 heavy (non-hydrogen) atoms. The van der Waals surface area contributed by atoms with Gasteiger partial charge in [0.05, 0.1) is 19.9 Å². The normalized spacial score (nSPS) is 10.6. The van der Waals surface area contributed by atoms with E-state index in [1.165, 1.54) is 13.3 Å².